The van der Waals surface area contributed by atoms with Crippen LogP contribution >= 0.6 is 11.6 Å². The Labute approximate surface area is 130 Å². The van der Waals surface area contributed by atoms with Gasteiger partial charge in [0.2, 0.25) is 0 Å². The maximum absolute atomic E-state index is 10.5. The first-order valence-corrected chi connectivity index (χ1v) is 7.27. The quantitative estimate of drug-likeness (QED) is 0.729. The zero-order valence-corrected chi connectivity index (χ0v) is 13.3. The second-order valence-corrected chi connectivity index (χ2v) is 5.32. The van der Waals surface area contributed by atoms with E-state index in [0.29, 0.717) is 34.6 Å². The Hall–Kier alpha value is -1.68. The topological polar surface area (TPSA) is 55.8 Å². The Balaban J connectivity index is 2.92. The van der Waals surface area contributed by atoms with Crippen molar-refractivity contribution in [3.8, 4) is 11.5 Å². The first kappa shape index (κ1) is 17.4. The number of carbonyl (C=O) groups is 1. The van der Waals surface area contributed by atoms with Crippen LogP contribution in [0.4, 0.5) is 0 Å². The Morgan fingerprint density at radius 1 is 1.48 bits per heavy atom. The third-order valence-electron chi connectivity index (χ3n) is 2.96. The van der Waals surface area contributed by atoms with Gasteiger partial charge < -0.3 is 14.6 Å². The second-order valence-electron chi connectivity index (χ2n) is 4.91. The summed E-state index contributed by atoms with van der Waals surface area (Å²) in [4.78, 5) is 10.5. The van der Waals surface area contributed by atoms with Crippen molar-refractivity contribution in [3.63, 3.8) is 0 Å². The fourth-order valence-corrected chi connectivity index (χ4v) is 2.22. The van der Waals surface area contributed by atoms with Crippen LogP contribution in [-0.2, 0) is 4.79 Å². The van der Waals surface area contributed by atoms with Crippen LogP contribution < -0.4 is 9.47 Å². The van der Waals surface area contributed by atoms with Gasteiger partial charge in [0.15, 0.2) is 11.5 Å². The summed E-state index contributed by atoms with van der Waals surface area (Å²) < 4.78 is 11.0. The lowest BCUT2D eigenvalue weighted by Crippen LogP contribution is -2.09. The van der Waals surface area contributed by atoms with Crippen molar-refractivity contribution in [2.24, 2.45) is 5.92 Å². The lowest BCUT2D eigenvalue weighted by atomic mass is 10.1. The highest BCUT2D eigenvalue weighted by Crippen LogP contribution is 2.37. The van der Waals surface area contributed by atoms with E-state index in [-0.39, 0.29) is 0 Å². The fourth-order valence-electron chi connectivity index (χ4n) is 1.95. The molecule has 0 aliphatic heterocycles. The number of carboxylic acids is 1. The van der Waals surface area contributed by atoms with Gasteiger partial charge in [-0.1, -0.05) is 31.9 Å². The molecule has 0 amide bonds. The van der Waals surface area contributed by atoms with Crippen LogP contribution in [0.2, 0.25) is 5.02 Å². The van der Waals surface area contributed by atoms with Crippen molar-refractivity contribution < 1.29 is 19.4 Å². The Morgan fingerprint density at radius 2 is 2.19 bits per heavy atom. The van der Waals surface area contributed by atoms with E-state index < -0.39 is 5.97 Å². The third kappa shape index (κ3) is 5.68. The molecule has 0 aliphatic carbocycles. The van der Waals surface area contributed by atoms with E-state index >= 15 is 0 Å². The van der Waals surface area contributed by atoms with Gasteiger partial charge in [0, 0.05) is 6.08 Å². The van der Waals surface area contributed by atoms with Gasteiger partial charge in [-0.15, -0.1) is 0 Å². The van der Waals surface area contributed by atoms with Crippen molar-refractivity contribution in [2.75, 3.05) is 13.7 Å². The molecule has 0 bridgehead atoms. The molecule has 21 heavy (non-hydrogen) atoms. The van der Waals surface area contributed by atoms with Crippen LogP contribution in [0.15, 0.2) is 18.2 Å². The molecule has 0 fully saturated rings. The predicted octanol–water partition coefficient (Wildman–Crippen LogP) is 4.26. The first-order valence-electron chi connectivity index (χ1n) is 6.89. The molecule has 1 aromatic carbocycles. The number of ether oxygens (including phenoxy) is 2. The molecule has 0 saturated carbocycles. The minimum absolute atomic E-state index is 0.406. The van der Waals surface area contributed by atoms with Crippen LogP contribution in [0.25, 0.3) is 6.08 Å². The first-order chi connectivity index (χ1) is 9.97. The smallest absolute Gasteiger partial charge is 0.328 e. The van der Waals surface area contributed by atoms with Crippen molar-refractivity contribution in [1.29, 1.82) is 0 Å². The number of benzene rings is 1. The lowest BCUT2D eigenvalue weighted by molar-refractivity contribution is -0.131. The largest absolute Gasteiger partial charge is 0.493 e. The van der Waals surface area contributed by atoms with Crippen molar-refractivity contribution in [2.45, 2.75) is 26.7 Å². The zero-order valence-electron chi connectivity index (χ0n) is 12.6. The maximum Gasteiger partial charge on any atom is 0.328 e. The number of rotatable bonds is 8. The SMILES string of the molecule is CCCC(C)COc1c(Cl)cc(C=CC(=O)O)cc1OC. The summed E-state index contributed by atoms with van der Waals surface area (Å²) in [6, 6.07) is 3.36. The average Bonchev–Trinajstić information content (AvgIpc) is 2.43. The van der Waals surface area contributed by atoms with Crippen LogP contribution in [0.1, 0.15) is 32.3 Å². The third-order valence-corrected chi connectivity index (χ3v) is 3.24. The molecule has 0 radical (unpaired) electrons. The zero-order chi connectivity index (χ0) is 15.8. The summed E-state index contributed by atoms with van der Waals surface area (Å²) in [7, 11) is 1.53. The maximum atomic E-state index is 10.5. The van der Waals surface area contributed by atoms with Gasteiger partial charge in [-0.3, -0.25) is 0 Å². The average molecular weight is 313 g/mol. The molecule has 1 N–H and O–H groups in total. The number of hydrogen-bond donors (Lipinski definition) is 1. The molecule has 0 aromatic heterocycles. The fraction of sp³-hybridized carbons (Fsp3) is 0.438. The molecule has 0 heterocycles. The highest BCUT2D eigenvalue weighted by molar-refractivity contribution is 6.32. The molecule has 1 aromatic rings. The van der Waals surface area contributed by atoms with E-state index in [9.17, 15) is 4.79 Å². The van der Waals surface area contributed by atoms with Crippen molar-refractivity contribution >= 4 is 23.6 Å². The summed E-state index contributed by atoms with van der Waals surface area (Å²) in [5.74, 6) is 0.409. The molecule has 0 aliphatic rings. The highest BCUT2D eigenvalue weighted by Gasteiger charge is 2.13. The molecule has 0 saturated heterocycles. The van der Waals surface area contributed by atoms with E-state index in [1.807, 2.05) is 0 Å². The number of hydrogen-bond acceptors (Lipinski definition) is 3. The van der Waals surface area contributed by atoms with E-state index in [1.165, 1.54) is 13.2 Å². The minimum Gasteiger partial charge on any atom is -0.493 e. The summed E-state index contributed by atoms with van der Waals surface area (Å²) in [5.41, 5.74) is 0.646. The molecular formula is C16H21ClO4. The van der Waals surface area contributed by atoms with Gasteiger partial charge in [-0.2, -0.15) is 0 Å². The van der Waals surface area contributed by atoms with Crippen LogP contribution in [0.3, 0.4) is 0 Å². The van der Waals surface area contributed by atoms with Crippen molar-refractivity contribution in [1.82, 2.24) is 0 Å². The van der Waals surface area contributed by atoms with E-state index in [0.717, 1.165) is 18.9 Å². The molecule has 1 unspecified atom stereocenters. The number of aliphatic carboxylic acids is 1. The molecule has 0 spiro atoms. The molecule has 1 atom stereocenters. The van der Waals surface area contributed by atoms with E-state index in [1.54, 1.807) is 12.1 Å². The van der Waals surface area contributed by atoms with Gasteiger partial charge in [-0.05, 0) is 36.1 Å². The Morgan fingerprint density at radius 3 is 2.76 bits per heavy atom. The summed E-state index contributed by atoms with van der Waals surface area (Å²) >= 11 is 6.20. The monoisotopic (exact) mass is 312 g/mol. The molecular weight excluding hydrogens is 292 g/mol. The minimum atomic E-state index is -1.01. The number of methoxy groups -OCH3 is 1. The Kier molecular flexibility index (Phi) is 7.09. The normalized spacial score (nSPS) is 12.4. The van der Waals surface area contributed by atoms with Gasteiger partial charge in [0.25, 0.3) is 0 Å². The van der Waals surface area contributed by atoms with Gasteiger partial charge >= 0.3 is 5.97 Å². The summed E-state index contributed by atoms with van der Waals surface area (Å²) in [6.07, 6.45) is 4.70. The van der Waals surface area contributed by atoms with E-state index in [4.69, 9.17) is 26.2 Å². The summed E-state index contributed by atoms with van der Waals surface area (Å²) in [6.45, 7) is 4.82. The van der Waals surface area contributed by atoms with Gasteiger partial charge in [0.1, 0.15) is 0 Å². The highest BCUT2D eigenvalue weighted by atomic mass is 35.5. The molecule has 5 heteroatoms. The van der Waals surface area contributed by atoms with Crippen LogP contribution in [0, 0.1) is 5.92 Å². The predicted molar refractivity (Wildman–Crippen MR) is 84.2 cm³/mol. The summed E-state index contributed by atoms with van der Waals surface area (Å²) in [5, 5.41) is 9.05. The standard InChI is InChI=1S/C16H21ClO4/c1-4-5-11(2)10-21-16-13(17)8-12(6-7-15(18)19)9-14(16)20-3/h6-9,11H,4-5,10H2,1-3H3,(H,18,19). The number of carboxylic acid groups (broad SMARTS) is 1. The van der Waals surface area contributed by atoms with E-state index in [2.05, 4.69) is 13.8 Å². The number of halogens is 1. The molecule has 4 nitrogen and oxygen atoms in total. The Bertz CT molecular complexity index is 511. The lowest BCUT2D eigenvalue weighted by Gasteiger charge is -2.16. The molecule has 116 valence electrons. The van der Waals surface area contributed by atoms with Crippen LogP contribution in [0.5, 0.6) is 11.5 Å². The van der Waals surface area contributed by atoms with Crippen molar-refractivity contribution in [3.05, 3.63) is 28.8 Å². The van der Waals surface area contributed by atoms with Gasteiger partial charge in [0.05, 0.1) is 18.7 Å². The second kappa shape index (κ2) is 8.57. The van der Waals surface area contributed by atoms with Crippen LogP contribution in [-0.4, -0.2) is 24.8 Å². The van der Waals surface area contributed by atoms with Gasteiger partial charge in [-0.25, -0.2) is 4.79 Å². The molecule has 1 rings (SSSR count).